The third-order valence-electron chi connectivity index (χ3n) is 2.87. The second kappa shape index (κ2) is 6.81. The molecule has 0 aliphatic carbocycles. The van der Waals surface area contributed by atoms with Gasteiger partial charge in [0.05, 0.1) is 16.3 Å². The molecular weight excluding hydrogens is 331 g/mol. The van der Waals surface area contributed by atoms with Crippen molar-refractivity contribution in [2.75, 3.05) is 11.9 Å². The Labute approximate surface area is 136 Å². The van der Waals surface area contributed by atoms with Gasteiger partial charge in [0.2, 0.25) is 0 Å². The van der Waals surface area contributed by atoms with Gasteiger partial charge in [-0.3, -0.25) is 4.79 Å². The average Bonchev–Trinajstić information content (AvgIpc) is 2.91. The van der Waals surface area contributed by atoms with Gasteiger partial charge < -0.3 is 14.5 Å². The number of pyridine rings is 1. The number of rotatable bonds is 4. The molecule has 0 aromatic carbocycles. The van der Waals surface area contributed by atoms with E-state index in [0.29, 0.717) is 16.3 Å². The Morgan fingerprint density at radius 1 is 1.36 bits per heavy atom. The van der Waals surface area contributed by atoms with E-state index in [1.807, 2.05) is 0 Å². The van der Waals surface area contributed by atoms with Crippen molar-refractivity contribution in [3.8, 4) is 0 Å². The maximum Gasteiger partial charge on any atom is 0.342 e. The van der Waals surface area contributed by atoms with Crippen LogP contribution in [0.5, 0.6) is 0 Å². The van der Waals surface area contributed by atoms with Gasteiger partial charge in [0.25, 0.3) is 5.91 Å². The van der Waals surface area contributed by atoms with Crippen LogP contribution in [-0.4, -0.2) is 23.5 Å². The predicted molar refractivity (Wildman–Crippen MR) is 81.4 cm³/mol. The Hall–Kier alpha value is -2.05. The van der Waals surface area contributed by atoms with Gasteiger partial charge in [-0.2, -0.15) is 0 Å². The third-order valence-corrected chi connectivity index (χ3v) is 3.72. The molecule has 2 aromatic heterocycles. The van der Waals surface area contributed by atoms with E-state index < -0.39 is 18.5 Å². The number of ether oxygens (including phenoxy) is 1. The second-order valence-electron chi connectivity index (χ2n) is 4.41. The molecular formula is C14H12Cl2N2O4. The summed E-state index contributed by atoms with van der Waals surface area (Å²) < 4.78 is 9.87. The molecule has 116 valence electrons. The number of nitrogens with zero attached hydrogens (tertiary/aromatic N) is 1. The molecule has 0 bridgehead atoms. The lowest BCUT2D eigenvalue weighted by atomic mass is 10.3. The van der Waals surface area contributed by atoms with E-state index in [1.165, 1.54) is 18.5 Å². The number of halogens is 2. The molecule has 0 aliphatic heterocycles. The lowest BCUT2D eigenvalue weighted by Crippen LogP contribution is -2.21. The number of aryl methyl sites for hydroxylation is 1. The van der Waals surface area contributed by atoms with Crippen molar-refractivity contribution in [3.63, 3.8) is 0 Å². The number of carbonyl (C=O) groups is 2. The Balaban J connectivity index is 1.95. The van der Waals surface area contributed by atoms with Crippen LogP contribution in [0.2, 0.25) is 10.0 Å². The summed E-state index contributed by atoms with van der Waals surface area (Å²) in [5.74, 6) is -0.633. The van der Waals surface area contributed by atoms with E-state index in [4.69, 9.17) is 32.4 Å². The van der Waals surface area contributed by atoms with Crippen LogP contribution in [0.25, 0.3) is 0 Å². The molecule has 0 radical (unpaired) electrons. The Morgan fingerprint density at radius 2 is 2.09 bits per heavy atom. The first-order valence-corrected chi connectivity index (χ1v) is 6.97. The number of aromatic nitrogens is 1. The van der Waals surface area contributed by atoms with Crippen molar-refractivity contribution in [2.24, 2.45) is 0 Å². The summed E-state index contributed by atoms with van der Waals surface area (Å²) in [4.78, 5) is 27.4. The van der Waals surface area contributed by atoms with Crippen molar-refractivity contribution in [2.45, 2.75) is 13.8 Å². The van der Waals surface area contributed by atoms with Crippen molar-refractivity contribution >= 4 is 40.9 Å². The summed E-state index contributed by atoms with van der Waals surface area (Å²) in [6, 6.07) is 1.47. The lowest BCUT2D eigenvalue weighted by molar-refractivity contribution is -0.119. The number of furan rings is 1. The normalized spacial score (nSPS) is 10.4. The summed E-state index contributed by atoms with van der Waals surface area (Å²) in [5.41, 5.74) is 0.867. The van der Waals surface area contributed by atoms with Crippen LogP contribution in [0.4, 0.5) is 5.82 Å². The number of carbonyl (C=O) groups excluding carboxylic acids is 2. The standard InChI is InChI=1S/C14H12Cl2N2O4/c1-7-10(15)5-17-13(12(7)16)18-11(19)6-22-14(20)9-3-4-21-8(9)2/h3-5H,6H2,1-2H3,(H,17,18,19). The number of anilines is 1. The zero-order valence-electron chi connectivity index (χ0n) is 11.8. The van der Waals surface area contributed by atoms with Crippen LogP contribution in [0.3, 0.4) is 0 Å². The first-order chi connectivity index (χ1) is 10.4. The van der Waals surface area contributed by atoms with Gasteiger partial charge in [0, 0.05) is 6.20 Å². The highest BCUT2D eigenvalue weighted by Crippen LogP contribution is 2.28. The topological polar surface area (TPSA) is 81.4 Å². The molecule has 2 rings (SSSR count). The van der Waals surface area contributed by atoms with E-state index in [-0.39, 0.29) is 16.4 Å². The molecule has 0 atom stereocenters. The van der Waals surface area contributed by atoms with Crippen LogP contribution in [-0.2, 0) is 9.53 Å². The monoisotopic (exact) mass is 342 g/mol. The summed E-state index contributed by atoms with van der Waals surface area (Å²) in [5, 5.41) is 3.08. The third kappa shape index (κ3) is 3.58. The molecule has 1 amide bonds. The Morgan fingerprint density at radius 3 is 2.73 bits per heavy atom. The SMILES string of the molecule is Cc1occc1C(=O)OCC(=O)Nc1ncc(Cl)c(C)c1Cl. The van der Waals surface area contributed by atoms with E-state index in [1.54, 1.807) is 13.8 Å². The summed E-state index contributed by atoms with van der Waals surface area (Å²) in [6.07, 6.45) is 2.74. The zero-order valence-corrected chi connectivity index (χ0v) is 13.3. The van der Waals surface area contributed by atoms with E-state index in [0.717, 1.165) is 0 Å². The van der Waals surface area contributed by atoms with Gasteiger partial charge in [-0.1, -0.05) is 23.2 Å². The van der Waals surface area contributed by atoms with E-state index in [9.17, 15) is 9.59 Å². The van der Waals surface area contributed by atoms with Crippen molar-refractivity contribution in [3.05, 3.63) is 45.5 Å². The molecule has 0 saturated heterocycles. The summed E-state index contributed by atoms with van der Waals surface area (Å²) >= 11 is 11.9. The maximum atomic E-state index is 11.8. The first-order valence-electron chi connectivity index (χ1n) is 6.21. The minimum Gasteiger partial charge on any atom is -0.469 e. The fraction of sp³-hybridized carbons (Fsp3) is 0.214. The highest BCUT2D eigenvalue weighted by Gasteiger charge is 2.16. The first kappa shape index (κ1) is 16.3. The molecule has 0 fully saturated rings. The molecule has 6 nitrogen and oxygen atoms in total. The number of hydrogen-bond donors (Lipinski definition) is 1. The molecule has 2 aromatic rings. The highest BCUT2D eigenvalue weighted by molar-refractivity contribution is 6.37. The molecule has 0 aliphatic rings. The van der Waals surface area contributed by atoms with Crippen LogP contribution >= 0.6 is 23.2 Å². The summed E-state index contributed by atoms with van der Waals surface area (Å²) in [6.45, 7) is 2.85. The largest absolute Gasteiger partial charge is 0.469 e. The molecule has 1 N–H and O–H groups in total. The van der Waals surface area contributed by atoms with Gasteiger partial charge in [0.1, 0.15) is 11.3 Å². The van der Waals surface area contributed by atoms with E-state index >= 15 is 0 Å². The highest BCUT2D eigenvalue weighted by atomic mass is 35.5. The smallest absolute Gasteiger partial charge is 0.342 e. The molecule has 0 spiro atoms. The van der Waals surface area contributed by atoms with Crippen molar-refractivity contribution < 1.29 is 18.7 Å². The number of nitrogens with one attached hydrogen (secondary N) is 1. The van der Waals surface area contributed by atoms with Gasteiger partial charge in [-0.15, -0.1) is 0 Å². The van der Waals surface area contributed by atoms with Crippen molar-refractivity contribution in [1.82, 2.24) is 4.98 Å². The molecule has 2 heterocycles. The fourth-order valence-corrected chi connectivity index (χ4v) is 2.01. The zero-order chi connectivity index (χ0) is 16.3. The minimum absolute atomic E-state index is 0.157. The average molecular weight is 343 g/mol. The number of amides is 1. The summed E-state index contributed by atoms with van der Waals surface area (Å²) in [7, 11) is 0. The second-order valence-corrected chi connectivity index (χ2v) is 5.19. The maximum absolute atomic E-state index is 11.8. The van der Waals surface area contributed by atoms with Crippen LogP contribution in [0.15, 0.2) is 22.9 Å². The number of hydrogen-bond acceptors (Lipinski definition) is 5. The van der Waals surface area contributed by atoms with Gasteiger partial charge in [0.15, 0.2) is 12.4 Å². The Kier molecular flexibility index (Phi) is 5.05. The van der Waals surface area contributed by atoms with Crippen LogP contribution in [0.1, 0.15) is 21.7 Å². The van der Waals surface area contributed by atoms with Crippen LogP contribution < -0.4 is 5.32 Å². The van der Waals surface area contributed by atoms with Gasteiger partial charge in [-0.25, -0.2) is 9.78 Å². The molecule has 0 unspecified atom stereocenters. The predicted octanol–water partition coefficient (Wildman–Crippen LogP) is 3.39. The minimum atomic E-state index is -0.646. The molecule has 8 heteroatoms. The quantitative estimate of drug-likeness (QED) is 0.861. The fourth-order valence-electron chi connectivity index (χ4n) is 1.62. The van der Waals surface area contributed by atoms with Gasteiger partial charge >= 0.3 is 5.97 Å². The molecule has 0 saturated carbocycles. The lowest BCUT2D eigenvalue weighted by Gasteiger charge is -2.09. The van der Waals surface area contributed by atoms with Gasteiger partial charge in [-0.05, 0) is 25.5 Å². The van der Waals surface area contributed by atoms with Crippen molar-refractivity contribution in [1.29, 1.82) is 0 Å². The van der Waals surface area contributed by atoms with Crippen LogP contribution in [0, 0.1) is 13.8 Å². The number of esters is 1. The molecule has 22 heavy (non-hydrogen) atoms. The Bertz CT molecular complexity index is 728. The van der Waals surface area contributed by atoms with E-state index in [2.05, 4.69) is 10.3 Å².